The van der Waals surface area contributed by atoms with Gasteiger partial charge in [-0.1, -0.05) is 0 Å². The average molecular weight is 288 g/mol. The minimum Gasteiger partial charge on any atom is -0.493 e. The van der Waals surface area contributed by atoms with Crippen molar-refractivity contribution in [2.45, 2.75) is 0 Å². The predicted molar refractivity (Wildman–Crippen MR) is 78.2 cm³/mol. The van der Waals surface area contributed by atoms with Crippen LogP contribution in [0.1, 0.15) is 16.1 Å². The van der Waals surface area contributed by atoms with Gasteiger partial charge >= 0.3 is 0 Å². The molecule has 2 rings (SSSR count). The van der Waals surface area contributed by atoms with Crippen molar-refractivity contribution in [2.75, 3.05) is 21.3 Å². The number of rotatable bonds is 6. The molecule has 0 aliphatic rings. The van der Waals surface area contributed by atoms with Gasteiger partial charge < -0.3 is 18.6 Å². The van der Waals surface area contributed by atoms with Crippen LogP contribution in [0.4, 0.5) is 0 Å². The van der Waals surface area contributed by atoms with E-state index in [4.69, 9.17) is 18.6 Å². The summed E-state index contributed by atoms with van der Waals surface area (Å²) in [5.74, 6) is 1.60. The van der Waals surface area contributed by atoms with E-state index in [-0.39, 0.29) is 11.5 Å². The number of carbonyl (C=O) groups excluding carboxylic acids is 1. The lowest BCUT2D eigenvalue weighted by Crippen LogP contribution is -1.97. The smallest absolute Gasteiger partial charge is 0.221 e. The zero-order valence-corrected chi connectivity index (χ0v) is 12.1. The molecular formula is C16H16O5. The van der Waals surface area contributed by atoms with Crippen molar-refractivity contribution < 1.29 is 23.4 Å². The fourth-order valence-electron chi connectivity index (χ4n) is 1.92. The molecule has 0 aliphatic heterocycles. The van der Waals surface area contributed by atoms with E-state index >= 15 is 0 Å². The maximum Gasteiger partial charge on any atom is 0.221 e. The van der Waals surface area contributed by atoms with E-state index in [1.54, 1.807) is 37.5 Å². The van der Waals surface area contributed by atoms with E-state index in [0.717, 1.165) is 0 Å². The highest BCUT2D eigenvalue weighted by atomic mass is 16.5. The molecule has 1 heterocycles. The number of benzene rings is 1. The van der Waals surface area contributed by atoms with Crippen molar-refractivity contribution in [3.05, 3.63) is 47.9 Å². The Labute approximate surface area is 122 Å². The van der Waals surface area contributed by atoms with E-state index in [9.17, 15) is 4.79 Å². The first-order chi connectivity index (χ1) is 10.2. The van der Waals surface area contributed by atoms with Gasteiger partial charge in [-0.3, -0.25) is 4.79 Å². The van der Waals surface area contributed by atoms with Gasteiger partial charge in [0.05, 0.1) is 27.6 Å². The predicted octanol–water partition coefficient (Wildman–Crippen LogP) is 3.20. The topological polar surface area (TPSA) is 57.9 Å². The van der Waals surface area contributed by atoms with Crippen molar-refractivity contribution in [1.82, 2.24) is 0 Å². The first-order valence-corrected chi connectivity index (χ1v) is 6.26. The van der Waals surface area contributed by atoms with Crippen molar-refractivity contribution in [3.63, 3.8) is 0 Å². The number of allylic oxidation sites excluding steroid dienone is 1. The maximum absolute atomic E-state index is 11.9. The highest BCUT2D eigenvalue weighted by Crippen LogP contribution is 2.40. The van der Waals surface area contributed by atoms with Gasteiger partial charge in [-0.25, -0.2) is 0 Å². The highest BCUT2D eigenvalue weighted by molar-refractivity contribution is 6.05. The fourth-order valence-corrected chi connectivity index (χ4v) is 1.92. The largest absolute Gasteiger partial charge is 0.493 e. The number of hydrogen-bond acceptors (Lipinski definition) is 5. The van der Waals surface area contributed by atoms with Gasteiger partial charge in [-0.2, -0.15) is 0 Å². The summed E-state index contributed by atoms with van der Waals surface area (Å²) in [6, 6.07) is 6.81. The van der Waals surface area contributed by atoms with Gasteiger partial charge in [0.15, 0.2) is 17.3 Å². The average Bonchev–Trinajstić information content (AvgIpc) is 3.05. The number of furan rings is 1. The van der Waals surface area contributed by atoms with Gasteiger partial charge in [0.1, 0.15) is 0 Å². The molecule has 0 fully saturated rings. The van der Waals surface area contributed by atoms with E-state index in [1.165, 1.54) is 26.6 Å². The third-order valence-electron chi connectivity index (χ3n) is 2.91. The fraction of sp³-hybridized carbons (Fsp3) is 0.188. The summed E-state index contributed by atoms with van der Waals surface area (Å²) in [7, 11) is 4.61. The first kappa shape index (κ1) is 14.7. The Morgan fingerprint density at radius 3 is 2.38 bits per heavy atom. The van der Waals surface area contributed by atoms with Crippen LogP contribution < -0.4 is 14.2 Å². The van der Waals surface area contributed by atoms with Crippen LogP contribution in [0, 0.1) is 0 Å². The molecular weight excluding hydrogens is 272 g/mol. The second-order valence-corrected chi connectivity index (χ2v) is 4.10. The molecule has 0 saturated carbocycles. The molecule has 0 bridgehead atoms. The molecule has 0 saturated heterocycles. The SMILES string of the molecule is COc1ccc(/C=C/C(=O)c2ccco2)c(OC)c1OC. The number of methoxy groups -OCH3 is 3. The summed E-state index contributed by atoms with van der Waals surface area (Å²) in [5, 5.41) is 0. The Kier molecular flexibility index (Phi) is 4.66. The Balaban J connectivity index is 2.34. The normalized spacial score (nSPS) is 10.6. The van der Waals surface area contributed by atoms with Crippen molar-refractivity contribution in [2.24, 2.45) is 0 Å². The number of ether oxygens (including phenoxy) is 3. The van der Waals surface area contributed by atoms with E-state index in [0.29, 0.717) is 22.8 Å². The molecule has 0 N–H and O–H groups in total. The molecule has 5 nitrogen and oxygen atoms in total. The number of ketones is 1. The summed E-state index contributed by atoms with van der Waals surface area (Å²) in [6.07, 6.45) is 4.52. The Bertz CT molecular complexity index is 641. The second-order valence-electron chi connectivity index (χ2n) is 4.10. The Hall–Kier alpha value is -2.69. The van der Waals surface area contributed by atoms with Crippen LogP contribution in [0.3, 0.4) is 0 Å². The lowest BCUT2D eigenvalue weighted by molar-refractivity contribution is 0.102. The van der Waals surface area contributed by atoms with Crippen LogP contribution in [0.25, 0.3) is 6.08 Å². The molecule has 0 unspecified atom stereocenters. The molecule has 2 aromatic rings. The summed E-state index contributed by atoms with van der Waals surface area (Å²) >= 11 is 0. The molecule has 0 amide bonds. The zero-order chi connectivity index (χ0) is 15.2. The van der Waals surface area contributed by atoms with Crippen LogP contribution in [-0.2, 0) is 0 Å². The number of hydrogen-bond donors (Lipinski definition) is 0. The molecule has 1 aromatic carbocycles. The van der Waals surface area contributed by atoms with Crippen molar-refractivity contribution in [1.29, 1.82) is 0 Å². The lowest BCUT2D eigenvalue weighted by atomic mass is 10.1. The third-order valence-corrected chi connectivity index (χ3v) is 2.91. The second kappa shape index (κ2) is 6.65. The van der Waals surface area contributed by atoms with E-state index in [1.807, 2.05) is 0 Å². The van der Waals surface area contributed by atoms with Gasteiger partial charge in [-0.15, -0.1) is 0 Å². The van der Waals surface area contributed by atoms with Crippen molar-refractivity contribution in [3.8, 4) is 17.2 Å². The number of carbonyl (C=O) groups is 1. The molecule has 0 spiro atoms. The van der Waals surface area contributed by atoms with Crippen LogP contribution >= 0.6 is 0 Å². The molecule has 21 heavy (non-hydrogen) atoms. The van der Waals surface area contributed by atoms with Gasteiger partial charge in [0.25, 0.3) is 0 Å². The first-order valence-electron chi connectivity index (χ1n) is 6.26. The monoisotopic (exact) mass is 288 g/mol. The van der Waals surface area contributed by atoms with Gasteiger partial charge in [-0.05, 0) is 36.4 Å². The maximum atomic E-state index is 11.9. The quantitative estimate of drug-likeness (QED) is 0.603. The third kappa shape index (κ3) is 3.08. The van der Waals surface area contributed by atoms with Gasteiger partial charge in [0.2, 0.25) is 11.5 Å². The lowest BCUT2D eigenvalue weighted by Gasteiger charge is -2.13. The molecule has 110 valence electrons. The summed E-state index contributed by atoms with van der Waals surface area (Å²) in [5.41, 5.74) is 0.704. The minimum absolute atomic E-state index is 0.225. The van der Waals surface area contributed by atoms with E-state index < -0.39 is 0 Å². The summed E-state index contributed by atoms with van der Waals surface area (Å²) in [4.78, 5) is 11.9. The molecule has 0 radical (unpaired) electrons. The standard InChI is InChI=1S/C16H16O5/c1-18-14-9-7-11(15(19-2)16(14)20-3)6-8-12(17)13-5-4-10-21-13/h4-10H,1-3H3/b8-6+. The molecule has 0 aliphatic carbocycles. The molecule has 0 atom stereocenters. The van der Waals surface area contributed by atoms with Crippen LogP contribution in [0.5, 0.6) is 17.2 Å². The molecule has 1 aromatic heterocycles. The zero-order valence-electron chi connectivity index (χ0n) is 12.1. The van der Waals surface area contributed by atoms with Crippen LogP contribution in [0.15, 0.2) is 41.0 Å². The van der Waals surface area contributed by atoms with Gasteiger partial charge in [0, 0.05) is 5.56 Å². The van der Waals surface area contributed by atoms with Crippen LogP contribution in [0.2, 0.25) is 0 Å². The van der Waals surface area contributed by atoms with Crippen LogP contribution in [-0.4, -0.2) is 27.1 Å². The molecule has 5 heteroatoms. The summed E-state index contributed by atoms with van der Waals surface area (Å²) in [6.45, 7) is 0. The van der Waals surface area contributed by atoms with Crippen molar-refractivity contribution >= 4 is 11.9 Å². The minimum atomic E-state index is -0.225. The van der Waals surface area contributed by atoms with E-state index in [2.05, 4.69) is 0 Å². The highest BCUT2D eigenvalue weighted by Gasteiger charge is 2.14. The Morgan fingerprint density at radius 1 is 1.05 bits per heavy atom. The summed E-state index contributed by atoms with van der Waals surface area (Å²) < 4.78 is 20.9. The Morgan fingerprint density at radius 2 is 1.81 bits per heavy atom.